The Bertz CT molecular complexity index is 612. The molecule has 1 radical (unpaired) electrons. The van der Waals surface area contributed by atoms with Crippen LogP contribution in [0.3, 0.4) is 0 Å². The van der Waals surface area contributed by atoms with E-state index in [1.807, 2.05) is 26.0 Å². The zero-order valence-corrected chi connectivity index (χ0v) is 16.8. The van der Waals surface area contributed by atoms with Crippen molar-refractivity contribution in [3.05, 3.63) is 41.9 Å². The number of nitrogens with one attached hydrogen (secondary N) is 3. The summed E-state index contributed by atoms with van der Waals surface area (Å²) in [5.74, 6) is -0.530. The van der Waals surface area contributed by atoms with Crippen molar-refractivity contribution in [3.63, 3.8) is 0 Å². The van der Waals surface area contributed by atoms with E-state index in [-0.39, 0.29) is 24.3 Å². The first-order chi connectivity index (χ1) is 12.8. The van der Waals surface area contributed by atoms with Crippen molar-refractivity contribution >= 4 is 17.7 Å². The Kier molecular flexibility index (Phi) is 10.2. The molecular formula is C21H32N3O3. The third-order valence-corrected chi connectivity index (χ3v) is 4.05. The highest BCUT2D eigenvalue weighted by Gasteiger charge is 2.21. The molecule has 0 unspecified atom stereocenters. The smallest absolute Gasteiger partial charge is 0.251 e. The van der Waals surface area contributed by atoms with Gasteiger partial charge < -0.3 is 16.0 Å². The molecule has 0 aliphatic carbocycles. The van der Waals surface area contributed by atoms with Crippen molar-refractivity contribution in [1.82, 2.24) is 16.0 Å². The summed E-state index contributed by atoms with van der Waals surface area (Å²) in [6, 6.07) is 6.55. The van der Waals surface area contributed by atoms with Crippen LogP contribution in [0.5, 0.6) is 0 Å². The lowest BCUT2D eigenvalue weighted by molar-refractivity contribution is -0.123. The minimum atomic E-state index is -0.843. The van der Waals surface area contributed by atoms with Gasteiger partial charge in [-0.2, -0.15) is 0 Å². The molecule has 27 heavy (non-hydrogen) atoms. The summed E-state index contributed by atoms with van der Waals surface area (Å²) in [6.07, 6.45) is 3.94. The van der Waals surface area contributed by atoms with Gasteiger partial charge in [0.1, 0.15) is 6.04 Å². The zero-order chi connectivity index (χ0) is 20.2. The van der Waals surface area contributed by atoms with Gasteiger partial charge in [-0.15, -0.1) is 0 Å². The molecule has 0 bridgehead atoms. The van der Waals surface area contributed by atoms with Crippen molar-refractivity contribution in [3.8, 4) is 0 Å². The Balaban J connectivity index is 2.70. The van der Waals surface area contributed by atoms with Crippen LogP contribution in [0.25, 0.3) is 0 Å². The summed E-state index contributed by atoms with van der Waals surface area (Å²) in [6.45, 7) is 9.32. The van der Waals surface area contributed by atoms with Gasteiger partial charge in [-0.05, 0) is 42.9 Å². The van der Waals surface area contributed by atoms with Crippen molar-refractivity contribution in [2.24, 2.45) is 5.92 Å². The predicted octanol–water partition coefficient (Wildman–Crippen LogP) is 2.59. The molecule has 0 spiro atoms. The summed E-state index contributed by atoms with van der Waals surface area (Å²) in [4.78, 5) is 36.1. The average Bonchev–Trinajstić information content (AvgIpc) is 2.63. The number of amides is 3. The van der Waals surface area contributed by atoms with E-state index in [1.54, 1.807) is 18.7 Å². The Morgan fingerprint density at radius 1 is 1.11 bits per heavy atom. The molecule has 0 aliphatic heterocycles. The van der Waals surface area contributed by atoms with Crippen molar-refractivity contribution in [2.75, 3.05) is 6.54 Å². The Labute approximate surface area is 162 Å². The number of hydrogen-bond donors (Lipinski definition) is 3. The first kappa shape index (κ1) is 22.7. The van der Waals surface area contributed by atoms with Crippen LogP contribution in [-0.2, 0) is 16.0 Å². The maximum absolute atomic E-state index is 12.5. The highest BCUT2D eigenvalue weighted by atomic mass is 16.2. The maximum atomic E-state index is 12.5. The SMILES string of the molecule is CCCCc1ccc(C(=O)N[C@@H](CNC(C)=O)C(=O)N[CH]CC(C)C)cc1. The van der Waals surface area contributed by atoms with Crippen LogP contribution < -0.4 is 16.0 Å². The van der Waals surface area contributed by atoms with Crippen molar-refractivity contribution in [2.45, 2.75) is 59.4 Å². The zero-order valence-electron chi connectivity index (χ0n) is 16.8. The molecule has 0 saturated heterocycles. The Hall–Kier alpha value is -2.37. The molecule has 0 aliphatic rings. The molecule has 0 heterocycles. The van der Waals surface area contributed by atoms with Gasteiger partial charge in [-0.25, -0.2) is 0 Å². The van der Waals surface area contributed by atoms with Gasteiger partial charge in [0.15, 0.2) is 0 Å². The topological polar surface area (TPSA) is 87.3 Å². The van der Waals surface area contributed by atoms with Crippen molar-refractivity contribution in [1.29, 1.82) is 0 Å². The first-order valence-electron chi connectivity index (χ1n) is 9.59. The van der Waals surface area contributed by atoms with Crippen LogP contribution in [0.1, 0.15) is 62.9 Å². The molecule has 6 heteroatoms. The second kappa shape index (κ2) is 12.1. The van der Waals surface area contributed by atoms with E-state index in [4.69, 9.17) is 0 Å². The van der Waals surface area contributed by atoms with Gasteiger partial charge in [0.2, 0.25) is 11.8 Å². The third-order valence-electron chi connectivity index (χ3n) is 4.05. The van der Waals surface area contributed by atoms with Gasteiger partial charge in [0.25, 0.3) is 5.91 Å². The van der Waals surface area contributed by atoms with Crippen LogP contribution in [0.4, 0.5) is 0 Å². The maximum Gasteiger partial charge on any atom is 0.251 e. The first-order valence-corrected chi connectivity index (χ1v) is 9.59. The fourth-order valence-electron chi connectivity index (χ4n) is 2.40. The molecular weight excluding hydrogens is 342 g/mol. The lowest BCUT2D eigenvalue weighted by Gasteiger charge is -2.19. The highest BCUT2D eigenvalue weighted by Crippen LogP contribution is 2.08. The van der Waals surface area contributed by atoms with E-state index in [2.05, 4.69) is 22.9 Å². The van der Waals surface area contributed by atoms with Gasteiger partial charge in [-0.1, -0.05) is 39.3 Å². The third kappa shape index (κ3) is 9.22. The summed E-state index contributed by atoms with van der Waals surface area (Å²) in [5, 5.41) is 7.99. The fraction of sp³-hybridized carbons (Fsp3) is 0.524. The minimum Gasteiger partial charge on any atom is -0.354 e. The number of aryl methyl sites for hydroxylation is 1. The summed E-state index contributed by atoms with van der Waals surface area (Å²) in [5.41, 5.74) is 1.67. The molecule has 1 atom stereocenters. The standard InChI is InChI=1S/C21H32N3O3/c1-5-6-7-17-8-10-18(11-9-17)20(26)24-19(14-23-16(4)25)21(27)22-13-12-15(2)3/h8-11,13,15,19H,5-7,12,14H2,1-4H3,(H,22,27)(H,23,25)(H,24,26)/t19-/m0/s1. The number of unbranched alkanes of at least 4 members (excludes halogenated alkanes) is 1. The lowest BCUT2D eigenvalue weighted by Crippen LogP contribution is -2.52. The molecule has 1 aromatic rings. The molecule has 1 rings (SSSR count). The number of rotatable bonds is 11. The molecule has 3 N–H and O–H groups in total. The van der Waals surface area contributed by atoms with Crippen molar-refractivity contribution < 1.29 is 14.4 Å². The normalized spacial score (nSPS) is 11.7. The number of hydrogen-bond acceptors (Lipinski definition) is 3. The van der Waals surface area contributed by atoms with Crippen LogP contribution in [0.15, 0.2) is 24.3 Å². The molecule has 0 saturated carbocycles. The molecule has 6 nitrogen and oxygen atoms in total. The second-order valence-electron chi connectivity index (χ2n) is 7.11. The van der Waals surface area contributed by atoms with E-state index >= 15 is 0 Å². The van der Waals surface area contributed by atoms with Crippen LogP contribution in [0, 0.1) is 12.5 Å². The quantitative estimate of drug-likeness (QED) is 0.556. The van der Waals surface area contributed by atoms with Gasteiger partial charge in [0.05, 0.1) is 0 Å². The summed E-state index contributed by atoms with van der Waals surface area (Å²) >= 11 is 0. The lowest BCUT2D eigenvalue weighted by atomic mass is 10.1. The van der Waals surface area contributed by atoms with E-state index < -0.39 is 6.04 Å². The van der Waals surface area contributed by atoms with Gasteiger partial charge >= 0.3 is 0 Å². The van der Waals surface area contributed by atoms with Gasteiger partial charge in [0, 0.05) is 25.6 Å². The van der Waals surface area contributed by atoms with Gasteiger partial charge in [-0.3, -0.25) is 14.4 Å². The number of carbonyl (C=O) groups excluding carboxylic acids is 3. The second-order valence-corrected chi connectivity index (χ2v) is 7.11. The van der Waals surface area contributed by atoms with Crippen LogP contribution in [0.2, 0.25) is 0 Å². The monoisotopic (exact) mass is 374 g/mol. The number of benzene rings is 1. The molecule has 149 valence electrons. The highest BCUT2D eigenvalue weighted by molar-refractivity contribution is 5.97. The molecule has 0 fully saturated rings. The Morgan fingerprint density at radius 2 is 1.78 bits per heavy atom. The summed E-state index contributed by atoms with van der Waals surface area (Å²) in [7, 11) is 0. The molecule has 0 aromatic heterocycles. The van der Waals surface area contributed by atoms with E-state index in [1.165, 1.54) is 12.5 Å². The fourth-order valence-corrected chi connectivity index (χ4v) is 2.40. The molecule has 1 aromatic carbocycles. The Morgan fingerprint density at radius 3 is 2.33 bits per heavy atom. The largest absolute Gasteiger partial charge is 0.354 e. The molecule has 3 amide bonds. The minimum absolute atomic E-state index is 0.0387. The van der Waals surface area contributed by atoms with Crippen LogP contribution >= 0.6 is 0 Å². The summed E-state index contributed by atoms with van der Waals surface area (Å²) < 4.78 is 0. The van der Waals surface area contributed by atoms with E-state index in [0.29, 0.717) is 11.5 Å². The van der Waals surface area contributed by atoms with E-state index in [0.717, 1.165) is 25.7 Å². The van der Waals surface area contributed by atoms with E-state index in [9.17, 15) is 14.4 Å². The predicted molar refractivity (Wildman–Crippen MR) is 107 cm³/mol. The van der Waals surface area contributed by atoms with Crippen LogP contribution in [-0.4, -0.2) is 30.3 Å². The number of carbonyl (C=O) groups is 3. The average molecular weight is 375 g/mol.